The maximum Gasteiger partial charge on any atom is 0.265 e. The molecule has 8 nitrogen and oxygen atoms in total. The highest BCUT2D eigenvalue weighted by Crippen LogP contribution is 2.19. The van der Waals surface area contributed by atoms with Crippen molar-refractivity contribution >= 4 is 28.8 Å². The van der Waals surface area contributed by atoms with Crippen molar-refractivity contribution in [2.45, 2.75) is 6.42 Å². The molecule has 0 bridgehead atoms. The molecule has 146 valence electrons. The summed E-state index contributed by atoms with van der Waals surface area (Å²) < 4.78 is 1.63. The van der Waals surface area contributed by atoms with Gasteiger partial charge in [0.05, 0.1) is 15.4 Å². The Kier molecular flexibility index (Phi) is 6.51. The molecule has 0 saturated heterocycles. The van der Waals surface area contributed by atoms with E-state index in [-0.39, 0.29) is 11.8 Å². The van der Waals surface area contributed by atoms with E-state index in [0.29, 0.717) is 22.0 Å². The summed E-state index contributed by atoms with van der Waals surface area (Å²) in [5, 5.41) is 9.77. The number of benzene rings is 1. The lowest BCUT2D eigenvalue weighted by Gasteiger charge is -2.09. The summed E-state index contributed by atoms with van der Waals surface area (Å²) in [6.07, 6.45) is 3.94. The standard InChI is InChI=1S/C19H22N6O2S/c1-24(2)11-3-10-21-18(26)16-8-9-17(28-16)19(27)23-14-4-6-15(7-5-14)25-13-20-12-22-25/h4-9,12-13H,3,10-11H2,1-2H3,(H,21,26)(H,23,27). The fourth-order valence-corrected chi connectivity index (χ4v) is 3.32. The van der Waals surface area contributed by atoms with E-state index in [1.807, 2.05) is 26.2 Å². The molecular weight excluding hydrogens is 376 g/mol. The smallest absolute Gasteiger partial charge is 0.265 e. The monoisotopic (exact) mass is 398 g/mol. The Hall–Kier alpha value is -3.04. The Balaban J connectivity index is 1.54. The minimum atomic E-state index is -0.245. The van der Waals surface area contributed by atoms with Gasteiger partial charge in [-0.2, -0.15) is 5.10 Å². The van der Waals surface area contributed by atoms with Crippen LogP contribution in [-0.2, 0) is 0 Å². The Morgan fingerprint density at radius 1 is 1.07 bits per heavy atom. The molecule has 0 spiro atoms. The van der Waals surface area contributed by atoms with Gasteiger partial charge >= 0.3 is 0 Å². The van der Waals surface area contributed by atoms with Crippen molar-refractivity contribution in [3.63, 3.8) is 0 Å². The van der Waals surface area contributed by atoms with Crippen LogP contribution >= 0.6 is 11.3 Å². The third kappa shape index (κ3) is 5.24. The van der Waals surface area contributed by atoms with Crippen molar-refractivity contribution in [3.8, 4) is 5.69 Å². The number of carbonyl (C=O) groups is 2. The molecule has 0 fully saturated rings. The summed E-state index contributed by atoms with van der Waals surface area (Å²) in [4.78, 5) is 31.6. The SMILES string of the molecule is CN(C)CCCNC(=O)c1ccc(C(=O)Nc2ccc(-n3cncn3)cc2)s1. The van der Waals surface area contributed by atoms with Crippen LogP contribution in [0.2, 0.25) is 0 Å². The fourth-order valence-electron chi connectivity index (χ4n) is 2.50. The second kappa shape index (κ2) is 9.25. The predicted molar refractivity (Wildman–Crippen MR) is 109 cm³/mol. The number of aromatic nitrogens is 3. The van der Waals surface area contributed by atoms with Gasteiger partial charge in [0.2, 0.25) is 0 Å². The molecule has 0 unspecified atom stereocenters. The largest absolute Gasteiger partial charge is 0.351 e. The summed E-state index contributed by atoms with van der Waals surface area (Å²) in [5.41, 5.74) is 1.51. The summed E-state index contributed by atoms with van der Waals surface area (Å²) >= 11 is 1.18. The van der Waals surface area contributed by atoms with Crippen LogP contribution in [0.4, 0.5) is 5.69 Å². The van der Waals surface area contributed by atoms with E-state index in [1.54, 1.807) is 35.3 Å². The summed E-state index contributed by atoms with van der Waals surface area (Å²) in [5.74, 6) is -0.398. The molecular formula is C19H22N6O2S. The molecule has 9 heteroatoms. The lowest BCUT2D eigenvalue weighted by atomic mass is 10.2. The van der Waals surface area contributed by atoms with E-state index in [9.17, 15) is 9.59 Å². The molecule has 0 aliphatic rings. The normalized spacial score (nSPS) is 10.8. The number of nitrogens with zero attached hydrogens (tertiary/aromatic N) is 4. The van der Waals surface area contributed by atoms with E-state index in [2.05, 4.69) is 25.6 Å². The molecule has 0 atom stereocenters. The molecule has 0 aliphatic carbocycles. The highest BCUT2D eigenvalue weighted by Gasteiger charge is 2.14. The van der Waals surface area contributed by atoms with Crippen LogP contribution in [-0.4, -0.2) is 58.7 Å². The maximum atomic E-state index is 12.4. The molecule has 0 aliphatic heterocycles. The topological polar surface area (TPSA) is 92.2 Å². The molecule has 2 heterocycles. The van der Waals surface area contributed by atoms with Crippen LogP contribution in [0.5, 0.6) is 0 Å². The number of carbonyl (C=O) groups excluding carboxylic acids is 2. The number of amides is 2. The first-order valence-corrected chi connectivity index (χ1v) is 9.64. The van der Waals surface area contributed by atoms with Crippen LogP contribution in [0.15, 0.2) is 49.1 Å². The van der Waals surface area contributed by atoms with Gasteiger partial charge in [-0.3, -0.25) is 9.59 Å². The number of anilines is 1. The van der Waals surface area contributed by atoms with Gasteiger partial charge in [0.25, 0.3) is 11.8 Å². The summed E-state index contributed by atoms with van der Waals surface area (Å²) in [6, 6.07) is 10.6. The van der Waals surface area contributed by atoms with Gasteiger partial charge in [0.15, 0.2) is 0 Å². The van der Waals surface area contributed by atoms with Gasteiger partial charge in [-0.05, 0) is 63.5 Å². The number of hydrogen-bond donors (Lipinski definition) is 2. The van der Waals surface area contributed by atoms with Gasteiger partial charge < -0.3 is 15.5 Å². The molecule has 0 saturated carbocycles. The minimum Gasteiger partial charge on any atom is -0.351 e. The van der Waals surface area contributed by atoms with Crippen molar-refractivity contribution in [1.82, 2.24) is 25.0 Å². The van der Waals surface area contributed by atoms with Crippen LogP contribution in [0, 0.1) is 0 Å². The van der Waals surface area contributed by atoms with E-state index >= 15 is 0 Å². The average Bonchev–Trinajstić information content (AvgIpc) is 3.37. The van der Waals surface area contributed by atoms with E-state index in [0.717, 1.165) is 18.7 Å². The number of thiophene rings is 1. The molecule has 3 aromatic rings. The highest BCUT2D eigenvalue weighted by atomic mass is 32.1. The van der Waals surface area contributed by atoms with Crippen molar-refractivity contribution in [3.05, 3.63) is 58.8 Å². The second-order valence-corrected chi connectivity index (χ2v) is 7.50. The van der Waals surface area contributed by atoms with Gasteiger partial charge in [-0.1, -0.05) is 0 Å². The lowest BCUT2D eigenvalue weighted by Crippen LogP contribution is -2.26. The number of nitrogens with one attached hydrogen (secondary N) is 2. The zero-order valence-electron chi connectivity index (χ0n) is 15.8. The molecule has 2 amide bonds. The van der Waals surface area contributed by atoms with Gasteiger partial charge in [-0.25, -0.2) is 9.67 Å². The van der Waals surface area contributed by atoms with Crippen molar-refractivity contribution in [2.75, 3.05) is 32.5 Å². The predicted octanol–water partition coefficient (Wildman–Crippen LogP) is 2.26. The molecule has 2 aromatic heterocycles. The molecule has 1 aromatic carbocycles. The van der Waals surface area contributed by atoms with Gasteiger partial charge in [0.1, 0.15) is 12.7 Å². The fraction of sp³-hybridized carbons (Fsp3) is 0.263. The Morgan fingerprint density at radius 2 is 1.79 bits per heavy atom. The first-order chi connectivity index (χ1) is 13.5. The van der Waals surface area contributed by atoms with Crippen molar-refractivity contribution in [1.29, 1.82) is 0 Å². The van der Waals surface area contributed by atoms with E-state index < -0.39 is 0 Å². The Bertz CT molecular complexity index is 918. The van der Waals surface area contributed by atoms with Gasteiger partial charge in [-0.15, -0.1) is 11.3 Å². The molecule has 2 N–H and O–H groups in total. The highest BCUT2D eigenvalue weighted by molar-refractivity contribution is 7.16. The van der Waals surface area contributed by atoms with E-state index in [1.165, 1.54) is 17.7 Å². The van der Waals surface area contributed by atoms with E-state index in [4.69, 9.17) is 0 Å². The first-order valence-electron chi connectivity index (χ1n) is 8.82. The third-order valence-electron chi connectivity index (χ3n) is 3.93. The van der Waals surface area contributed by atoms with Crippen molar-refractivity contribution < 1.29 is 9.59 Å². The third-order valence-corrected chi connectivity index (χ3v) is 5.01. The second-order valence-electron chi connectivity index (χ2n) is 6.42. The zero-order valence-corrected chi connectivity index (χ0v) is 16.6. The summed E-state index contributed by atoms with van der Waals surface area (Å²) in [7, 11) is 3.99. The molecule has 3 rings (SSSR count). The number of hydrogen-bond acceptors (Lipinski definition) is 6. The minimum absolute atomic E-state index is 0.153. The Labute approximate surface area is 167 Å². The summed E-state index contributed by atoms with van der Waals surface area (Å²) in [6.45, 7) is 1.52. The van der Waals surface area contributed by atoms with Crippen molar-refractivity contribution in [2.24, 2.45) is 0 Å². The zero-order chi connectivity index (χ0) is 19.9. The molecule has 28 heavy (non-hydrogen) atoms. The Morgan fingerprint density at radius 3 is 2.43 bits per heavy atom. The lowest BCUT2D eigenvalue weighted by molar-refractivity contribution is 0.0955. The maximum absolute atomic E-state index is 12.4. The van der Waals surface area contributed by atoms with Crippen LogP contribution in [0.25, 0.3) is 5.69 Å². The van der Waals surface area contributed by atoms with Gasteiger partial charge in [0, 0.05) is 12.2 Å². The molecule has 0 radical (unpaired) electrons. The number of rotatable bonds is 8. The van der Waals surface area contributed by atoms with Crippen LogP contribution < -0.4 is 10.6 Å². The quantitative estimate of drug-likeness (QED) is 0.568. The van der Waals surface area contributed by atoms with Crippen LogP contribution in [0.3, 0.4) is 0 Å². The van der Waals surface area contributed by atoms with Crippen LogP contribution in [0.1, 0.15) is 25.8 Å². The first kappa shape index (κ1) is 19.7. The average molecular weight is 398 g/mol.